The Morgan fingerprint density at radius 1 is 1.33 bits per heavy atom. The molecule has 2 heterocycles. The van der Waals surface area contributed by atoms with Crippen LogP contribution in [-0.2, 0) is 0 Å². The van der Waals surface area contributed by atoms with Crippen LogP contribution in [-0.4, -0.2) is 48.3 Å². The number of hydrogen-bond acceptors (Lipinski definition) is 6. The van der Waals surface area contributed by atoms with Crippen molar-refractivity contribution in [2.45, 2.75) is 18.9 Å². The molecule has 0 spiro atoms. The molecule has 4 rings (SSSR count). The van der Waals surface area contributed by atoms with Crippen LogP contribution in [0.1, 0.15) is 23.5 Å². The van der Waals surface area contributed by atoms with Crippen LogP contribution in [0.25, 0.3) is 11.4 Å². The van der Waals surface area contributed by atoms with Gasteiger partial charge in [0.15, 0.2) is 0 Å². The van der Waals surface area contributed by atoms with Crippen LogP contribution >= 0.6 is 0 Å². The van der Waals surface area contributed by atoms with E-state index in [1.165, 1.54) is 6.07 Å². The quantitative estimate of drug-likeness (QED) is 0.875. The number of carbonyl (C=O) groups excluding carboxylic acids is 1. The molecule has 1 saturated heterocycles. The highest BCUT2D eigenvalue weighted by molar-refractivity contribution is 5.90. The number of nitrogens with one attached hydrogen (secondary N) is 2. The van der Waals surface area contributed by atoms with E-state index in [4.69, 9.17) is 4.52 Å². The summed E-state index contributed by atoms with van der Waals surface area (Å²) < 4.78 is 19.2. The van der Waals surface area contributed by atoms with Gasteiger partial charge in [-0.3, -0.25) is 4.79 Å². The van der Waals surface area contributed by atoms with Crippen molar-refractivity contribution in [2.75, 3.05) is 31.1 Å². The lowest BCUT2D eigenvalue weighted by molar-refractivity contribution is 0.0907. The molecule has 24 heavy (non-hydrogen) atoms. The lowest BCUT2D eigenvalue weighted by atomic mass is 10.1. The summed E-state index contributed by atoms with van der Waals surface area (Å²) in [6, 6.07) is 4.91. The largest absolute Gasteiger partial charge is 0.367 e. The molecule has 0 radical (unpaired) electrons. The van der Waals surface area contributed by atoms with Gasteiger partial charge in [0.1, 0.15) is 5.82 Å². The number of amides is 1. The van der Waals surface area contributed by atoms with Gasteiger partial charge in [-0.05, 0) is 31.0 Å². The monoisotopic (exact) mass is 331 g/mol. The standard InChI is InChI=1S/C16H18FN5O2/c17-12-4-1-10(9-13(12)22-7-5-18-6-8-22)14-20-16(24-21-14)15(23)19-11-2-3-11/h1,4,9,11,18H,2-3,5-8H2,(H,19,23). The molecule has 2 fully saturated rings. The molecule has 0 atom stereocenters. The second-order valence-corrected chi connectivity index (χ2v) is 6.07. The summed E-state index contributed by atoms with van der Waals surface area (Å²) in [5, 5.41) is 9.89. The van der Waals surface area contributed by atoms with Gasteiger partial charge in [0.05, 0.1) is 5.69 Å². The zero-order valence-corrected chi connectivity index (χ0v) is 13.1. The maximum absolute atomic E-state index is 14.2. The molecule has 2 aromatic rings. The summed E-state index contributed by atoms with van der Waals surface area (Å²) in [5.41, 5.74) is 1.14. The first-order valence-corrected chi connectivity index (χ1v) is 8.11. The van der Waals surface area contributed by atoms with E-state index in [0.717, 1.165) is 39.0 Å². The van der Waals surface area contributed by atoms with Crippen LogP contribution in [0.3, 0.4) is 0 Å². The number of halogens is 1. The second-order valence-electron chi connectivity index (χ2n) is 6.07. The van der Waals surface area contributed by atoms with Crippen molar-refractivity contribution < 1.29 is 13.7 Å². The van der Waals surface area contributed by atoms with Crippen molar-refractivity contribution >= 4 is 11.6 Å². The number of aromatic nitrogens is 2. The van der Waals surface area contributed by atoms with Gasteiger partial charge in [-0.1, -0.05) is 5.16 Å². The van der Waals surface area contributed by atoms with Gasteiger partial charge < -0.3 is 20.1 Å². The second kappa shape index (κ2) is 6.20. The zero-order valence-electron chi connectivity index (χ0n) is 13.1. The number of rotatable bonds is 4. The van der Waals surface area contributed by atoms with E-state index in [1.807, 2.05) is 4.90 Å². The Bertz CT molecular complexity index is 753. The number of carbonyl (C=O) groups is 1. The van der Waals surface area contributed by atoms with Crippen LogP contribution in [0.15, 0.2) is 22.7 Å². The molecule has 1 aliphatic carbocycles. The van der Waals surface area contributed by atoms with E-state index in [9.17, 15) is 9.18 Å². The summed E-state index contributed by atoms with van der Waals surface area (Å²) in [6.07, 6.45) is 1.97. The van der Waals surface area contributed by atoms with Crippen molar-refractivity contribution in [1.82, 2.24) is 20.8 Å². The van der Waals surface area contributed by atoms with Gasteiger partial charge in [0.2, 0.25) is 5.82 Å². The first-order valence-electron chi connectivity index (χ1n) is 8.11. The maximum Gasteiger partial charge on any atom is 0.316 e. The Morgan fingerprint density at radius 3 is 2.88 bits per heavy atom. The van der Waals surface area contributed by atoms with Gasteiger partial charge in [-0.15, -0.1) is 0 Å². The maximum atomic E-state index is 14.2. The van der Waals surface area contributed by atoms with Crippen molar-refractivity contribution in [3.63, 3.8) is 0 Å². The SMILES string of the molecule is O=C(NC1CC1)c1nc(-c2ccc(F)c(N3CCNCC3)c2)no1. The molecule has 2 aliphatic rings. The minimum atomic E-state index is -0.360. The highest BCUT2D eigenvalue weighted by Gasteiger charge is 2.27. The molecule has 1 aromatic heterocycles. The Labute approximate surface area is 138 Å². The predicted molar refractivity (Wildman–Crippen MR) is 85.3 cm³/mol. The first-order chi connectivity index (χ1) is 11.7. The van der Waals surface area contributed by atoms with Gasteiger partial charge >= 0.3 is 11.8 Å². The van der Waals surface area contributed by atoms with Crippen molar-refractivity contribution in [3.8, 4) is 11.4 Å². The van der Waals surface area contributed by atoms with E-state index in [2.05, 4.69) is 20.8 Å². The Hall–Kier alpha value is -2.48. The number of benzene rings is 1. The lowest BCUT2D eigenvalue weighted by Crippen LogP contribution is -2.43. The fourth-order valence-electron chi connectivity index (χ4n) is 2.71. The van der Waals surface area contributed by atoms with E-state index >= 15 is 0 Å². The van der Waals surface area contributed by atoms with E-state index in [1.54, 1.807) is 12.1 Å². The number of nitrogens with zero attached hydrogens (tertiary/aromatic N) is 3. The van der Waals surface area contributed by atoms with E-state index in [-0.39, 0.29) is 29.5 Å². The zero-order chi connectivity index (χ0) is 16.5. The highest BCUT2D eigenvalue weighted by atomic mass is 19.1. The van der Waals surface area contributed by atoms with Gasteiger partial charge in [0.25, 0.3) is 0 Å². The molecule has 0 unspecified atom stereocenters. The van der Waals surface area contributed by atoms with Crippen LogP contribution in [0.2, 0.25) is 0 Å². The van der Waals surface area contributed by atoms with E-state index < -0.39 is 0 Å². The minimum Gasteiger partial charge on any atom is -0.367 e. The fourth-order valence-corrected chi connectivity index (χ4v) is 2.71. The average Bonchev–Trinajstić information content (AvgIpc) is 3.28. The predicted octanol–water partition coefficient (Wildman–Crippen LogP) is 1.18. The summed E-state index contributed by atoms with van der Waals surface area (Å²) in [7, 11) is 0. The fraction of sp³-hybridized carbons (Fsp3) is 0.438. The van der Waals surface area contributed by atoms with Crippen molar-refractivity contribution in [3.05, 3.63) is 29.9 Å². The van der Waals surface area contributed by atoms with E-state index in [0.29, 0.717) is 11.3 Å². The summed E-state index contributed by atoms with van der Waals surface area (Å²) >= 11 is 0. The molecule has 126 valence electrons. The van der Waals surface area contributed by atoms with Crippen LogP contribution < -0.4 is 15.5 Å². The molecule has 2 N–H and O–H groups in total. The lowest BCUT2D eigenvalue weighted by Gasteiger charge is -2.29. The Morgan fingerprint density at radius 2 is 2.12 bits per heavy atom. The van der Waals surface area contributed by atoms with Gasteiger partial charge in [-0.2, -0.15) is 4.98 Å². The molecule has 0 bridgehead atoms. The Balaban J connectivity index is 1.57. The molecule has 1 aliphatic heterocycles. The molecule has 8 heteroatoms. The topological polar surface area (TPSA) is 83.3 Å². The third-order valence-corrected chi connectivity index (χ3v) is 4.19. The Kier molecular flexibility index (Phi) is 3.89. The molecule has 1 saturated carbocycles. The average molecular weight is 331 g/mol. The summed E-state index contributed by atoms with van der Waals surface area (Å²) in [4.78, 5) is 18.0. The highest BCUT2D eigenvalue weighted by Crippen LogP contribution is 2.26. The molecule has 1 aromatic carbocycles. The van der Waals surface area contributed by atoms with Crippen molar-refractivity contribution in [1.29, 1.82) is 0 Å². The normalized spacial score (nSPS) is 17.8. The van der Waals surface area contributed by atoms with Gasteiger partial charge in [0, 0.05) is 37.8 Å². The number of piperazine rings is 1. The van der Waals surface area contributed by atoms with Crippen LogP contribution in [0.5, 0.6) is 0 Å². The van der Waals surface area contributed by atoms with Crippen LogP contribution in [0, 0.1) is 5.82 Å². The van der Waals surface area contributed by atoms with Crippen molar-refractivity contribution in [2.24, 2.45) is 0 Å². The van der Waals surface area contributed by atoms with Crippen LogP contribution in [0.4, 0.5) is 10.1 Å². The molecular weight excluding hydrogens is 313 g/mol. The summed E-state index contributed by atoms with van der Waals surface area (Å²) in [6.45, 7) is 3.11. The molecular formula is C16H18FN5O2. The minimum absolute atomic E-state index is 0.0649. The molecule has 7 nitrogen and oxygen atoms in total. The first kappa shape index (κ1) is 15.1. The number of anilines is 1. The third-order valence-electron chi connectivity index (χ3n) is 4.19. The van der Waals surface area contributed by atoms with Gasteiger partial charge in [-0.25, -0.2) is 4.39 Å². The third kappa shape index (κ3) is 3.09. The summed E-state index contributed by atoms with van der Waals surface area (Å²) in [5.74, 6) is -0.422. The molecule has 1 amide bonds. The number of hydrogen-bond donors (Lipinski definition) is 2. The smallest absolute Gasteiger partial charge is 0.316 e.